The molecule has 0 fully saturated rings. The van der Waals surface area contributed by atoms with E-state index in [9.17, 15) is 9.59 Å². The van der Waals surface area contributed by atoms with Gasteiger partial charge in [0.25, 0.3) is 11.8 Å². The quantitative estimate of drug-likeness (QED) is 0.583. The van der Waals surface area contributed by atoms with Crippen LogP contribution in [-0.4, -0.2) is 58.0 Å². The molecule has 0 aliphatic rings. The lowest BCUT2D eigenvalue weighted by Crippen LogP contribution is -2.61. The molecule has 5 nitrogen and oxygen atoms in total. The Morgan fingerprint density at radius 3 is 1.56 bits per heavy atom. The largest absolute Gasteiger partial charge is 0.343 e. The van der Waals surface area contributed by atoms with E-state index in [0.29, 0.717) is 17.4 Å². The van der Waals surface area contributed by atoms with Crippen LogP contribution in [0.2, 0.25) is 0 Å². The van der Waals surface area contributed by atoms with E-state index in [1.54, 1.807) is 45.3 Å². The monoisotopic (exact) mass is 356 g/mol. The molecule has 0 bridgehead atoms. The number of nitrogens with zero attached hydrogens (tertiary/aromatic N) is 2. The third-order valence-corrected chi connectivity index (χ3v) is 4.60. The van der Waals surface area contributed by atoms with Gasteiger partial charge in [0.2, 0.25) is 5.85 Å². The van der Waals surface area contributed by atoms with Crippen LogP contribution in [0.5, 0.6) is 0 Å². The van der Waals surface area contributed by atoms with Crippen LogP contribution < -0.4 is 0 Å². The number of benzene rings is 2. The summed E-state index contributed by atoms with van der Waals surface area (Å²) in [6.45, 7) is 1.74. The highest BCUT2D eigenvalue weighted by Gasteiger charge is 2.40. The van der Waals surface area contributed by atoms with E-state index in [2.05, 4.69) is 0 Å². The highest BCUT2D eigenvalue weighted by atomic mass is 28.1. The minimum Gasteiger partial charge on any atom is -0.343 e. The van der Waals surface area contributed by atoms with Crippen molar-refractivity contribution in [3.05, 3.63) is 71.8 Å². The SMILES string of the molecule is CN(C(=O)c1ccccc1)C(C)(OC[SiH3])N(C)C(=O)c1ccccc1. The summed E-state index contributed by atoms with van der Waals surface area (Å²) in [7, 11) is 4.10. The second kappa shape index (κ2) is 8.09. The average molecular weight is 356 g/mol. The zero-order chi connectivity index (χ0) is 18.4. The smallest absolute Gasteiger partial charge is 0.257 e. The van der Waals surface area contributed by atoms with Crippen molar-refractivity contribution in [2.45, 2.75) is 12.8 Å². The second-order valence-electron chi connectivity index (χ2n) is 5.83. The first-order valence-electron chi connectivity index (χ1n) is 8.22. The first kappa shape index (κ1) is 18.9. The number of carbonyl (C=O) groups is 2. The van der Waals surface area contributed by atoms with Crippen LogP contribution in [0.25, 0.3) is 0 Å². The molecule has 25 heavy (non-hydrogen) atoms. The van der Waals surface area contributed by atoms with Crippen molar-refractivity contribution in [1.29, 1.82) is 0 Å². The summed E-state index contributed by atoms with van der Waals surface area (Å²) < 4.78 is 5.91. The molecule has 2 rings (SSSR count). The number of rotatable bonds is 6. The van der Waals surface area contributed by atoms with Gasteiger partial charge in [-0.15, -0.1) is 0 Å². The lowest BCUT2D eigenvalue weighted by Gasteiger charge is -2.44. The average Bonchev–Trinajstić information content (AvgIpc) is 2.67. The normalized spacial score (nSPS) is 11.2. The molecule has 2 amide bonds. The first-order chi connectivity index (χ1) is 11.9. The van der Waals surface area contributed by atoms with E-state index >= 15 is 0 Å². The third-order valence-electron chi connectivity index (χ3n) is 4.31. The fourth-order valence-corrected chi connectivity index (χ4v) is 3.16. The van der Waals surface area contributed by atoms with Gasteiger partial charge in [0.1, 0.15) is 0 Å². The fourth-order valence-electron chi connectivity index (χ4n) is 2.62. The summed E-state index contributed by atoms with van der Waals surface area (Å²) in [5.74, 6) is -1.58. The van der Waals surface area contributed by atoms with Gasteiger partial charge in [-0.25, -0.2) is 0 Å². The van der Waals surface area contributed by atoms with Gasteiger partial charge in [-0.05, 0) is 24.3 Å². The lowest BCUT2D eigenvalue weighted by atomic mass is 10.1. The molecule has 0 radical (unpaired) electrons. The Hall–Kier alpha value is -2.44. The van der Waals surface area contributed by atoms with Crippen molar-refractivity contribution in [2.75, 3.05) is 20.3 Å². The van der Waals surface area contributed by atoms with Crippen LogP contribution in [0, 0.1) is 0 Å². The molecule has 0 spiro atoms. The maximum atomic E-state index is 12.8. The van der Waals surface area contributed by atoms with E-state index in [-0.39, 0.29) is 11.8 Å². The predicted molar refractivity (Wildman–Crippen MR) is 101 cm³/mol. The van der Waals surface area contributed by atoms with Crippen LogP contribution in [0.1, 0.15) is 27.6 Å². The van der Waals surface area contributed by atoms with Crippen molar-refractivity contribution in [3.8, 4) is 0 Å². The molecule has 0 atom stereocenters. The zero-order valence-electron chi connectivity index (χ0n) is 15.1. The van der Waals surface area contributed by atoms with Gasteiger partial charge >= 0.3 is 0 Å². The molecular weight excluding hydrogens is 332 g/mol. The summed E-state index contributed by atoms with van der Waals surface area (Å²) in [6.07, 6.45) is 0.495. The minimum atomic E-state index is -1.18. The fraction of sp³-hybridized carbons (Fsp3) is 0.263. The molecule has 0 unspecified atom stereocenters. The first-order valence-corrected chi connectivity index (χ1v) is 9.63. The number of carbonyl (C=O) groups excluding carboxylic acids is 2. The Morgan fingerprint density at radius 2 is 1.24 bits per heavy atom. The molecule has 0 aliphatic heterocycles. The summed E-state index contributed by atoms with van der Waals surface area (Å²) >= 11 is 0. The molecule has 0 saturated heterocycles. The van der Waals surface area contributed by atoms with E-state index in [0.717, 1.165) is 10.2 Å². The van der Waals surface area contributed by atoms with E-state index in [1.807, 2.05) is 36.4 Å². The molecule has 2 aromatic rings. The van der Waals surface area contributed by atoms with E-state index in [1.165, 1.54) is 9.80 Å². The van der Waals surface area contributed by atoms with Crippen molar-refractivity contribution >= 4 is 22.1 Å². The van der Waals surface area contributed by atoms with Crippen LogP contribution >= 0.6 is 0 Å². The van der Waals surface area contributed by atoms with Gasteiger partial charge in [0.05, 0.1) is 0 Å². The second-order valence-corrected chi connectivity index (χ2v) is 6.40. The zero-order valence-corrected chi connectivity index (χ0v) is 17.1. The highest BCUT2D eigenvalue weighted by Crippen LogP contribution is 2.23. The van der Waals surface area contributed by atoms with E-state index < -0.39 is 5.85 Å². The van der Waals surface area contributed by atoms with Gasteiger partial charge in [0, 0.05) is 48.6 Å². The topological polar surface area (TPSA) is 49.9 Å². The third kappa shape index (κ3) is 3.97. The maximum Gasteiger partial charge on any atom is 0.257 e. The van der Waals surface area contributed by atoms with Crippen molar-refractivity contribution in [2.24, 2.45) is 0 Å². The molecule has 2 aromatic carbocycles. The number of ether oxygens (including phenoxy) is 1. The van der Waals surface area contributed by atoms with Gasteiger partial charge in [-0.2, -0.15) is 0 Å². The lowest BCUT2D eigenvalue weighted by molar-refractivity contribution is -0.177. The molecule has 132 valence electrons. The van der Waals surface area contributed by atoms with Crippen LogP contribution in [-0.2, 0) is 4.74 Å². The molecule has 6 heteroatoms. The van der Waals surface area contributed by atoms with Crippen LogP contribution in [0.15, 0.2) is 60.7 Å². The standard InChI is InChI=1S/C19H24N2O3Si/c1-19(24-14-25,20(2)17(22)15-10-6-4-7-11-15)21(3)18(23)16-12-8-5-9-13-16/h4-13H,14H2,1-3,25H3. The summed E-state index contributed by atoms with van der Waals surface area (Å²) in [5.41, 5.74) is 1.10. The molecule has 0 heterocycles. The number of hydrogen-bond donors (Lipinski definition) is 0. The Balaban J connectivity index is 2.33. The van der Waals surface area contributed by atoms with Crippen LogP contribution in [0.4, 0.5) is 0 Å². The van der Waals surface area contributed by atoms with Crippen molar-refractivity contribution in [1.82, 2.24) is 9.80 Å². The highest BCUT2D eigenvalue weighted by molar-refractivity contribution is 6.08. The van der Waals surface area contributed by atoms with Gasteiger partial charge < -0.3 is 4.74 Å². The van der Waals surface area contributed by atoms with Gasteiger partial charge in [-0.3, -0.25) is 19.4 Å². The Bertz CT molecular complexity index is 664. The predicted octanol–water partition coefficient (Wildman–Crippen LogP) is 1.54. The van der Waals surface area contributed by atoms with E-state index in [4.69, 9.17) is 4.74 Å². The molecule has 0 aliphatic carbocycles. The minimum absolute atomic E-state index is 0.203. The number of amides is 2. The summed E-state index contributed by atoms with van der Waals surface area (Å²) in [4.78, 5) is 28.6. The Kier molecular flexibility index (Phi) is 6.11. The van der Waals surface area contributed by atoms with Crippen LogP contribution in [0.3, 0.4) is 0 Å². The maximum absolute atomic E-state index is 12.8. The molecule has 0 aromatic heterocycles. The molecule has 0 N–H and O–H groups in total. The number of hydrogen-bond acceptors (Lipinski definition) is 3. The van der Waals surface area contributed by atoms with Gasteiger partial charge in [-0.1, -0.05) is 36.4 Å². The molecule has 0 saturated carbocycles. The Labute approximate surface area is 151 Å². The van der Waals surface area contributed by atoms with Crippen molar-refractivity contribution < 1.29 is 14.3 Å². The van der Waals surface area contributed by atoms with Crippen molar-refractivity contribution in [3.63, 3.8) is 0 Å². The van der Waals surface area contributed by atoms with Gasteiger partial charge in [0.15, 0.2) is 0 Å². The molecular formula is C19H24N2O3Si. The summed E-state index contributed by atoms with van der Waals surface area (Å²) in [6, 6.07) is 17.9. The summed E-state index contributed by atoms with van der Waals surface area (Å²) in [5, 5.41) is 0. The Morgan fingerprint density at radius 1 is 0.880 bits per heavy atom.